The molecule has 4 rings (SSSR count). The number of nitrogen functional groups attached to an aromatic ring is 1. The first-order valence-corrected chi connectivity index (χ1v) is 8.09. The Kier molecular flexibility index (Phi) is 3.72. The molecule has 0 bridgehead atoms. The standard InChI is InChI=1S/C19H17F3N2O/c20-19(21,22)14-3-1-12(2-4-14)18-10-13-9-15(23)5-6-17(13)24(18)16-7-8-25-11-16/h1-6,9-10,16H,7-8,11,23H2/t16-/m1/s1. The van der Waals surface area contributed by atoms with Gasteiger partial charge < -0.3 is 15.0 Å². The van der Waals surface area contributed by atoms with E-state index in [4.69, 9.17) is 10.5 Å². The largest absolute Gasteiger partial charge is 0.416 e. The van der Waals surface area contributed by atoms with Gasteiger partial charge in [-0.2, -0.15) is 13.2 Å². The second-order valence-corrected chi connectivity index (χ2v) is 6.31. The van der Waals surface area contributed by atoms with Crippen molar-refractivity contribution in [2.45, 2.75) is 18.6 Å². The summed E-state index contributed by atoms with van der Waals surface area (Å²) >= 11 is 0. The molecular weight excluding hydrogens is 329 g/mol. The van der Waals surface area contributed by atoms with Gasteiger partial charge in [-0.3, -0.25) is 0 Å². The molecule has 1 atom stereocenters. The van der Waals surface area contributed by atoms with E-state index in [-0.39, 0.29) is 6.04 Å². The lowest BCUT2D eigenvalue weighted by molar-refractivity contribution is -0.137. The van der Waals surface area contributed by atoms with Crippen LogP contribution in [-0.2, 0) is 10.9 Å². The third-order valence-electron chi connectivity index (χ3n) is 4.64. The van der Waals surface area contributed by atoms with Crippen LogP contribution in [-0.4, -0.2) is 17.8 Å². The molecule has 0 radical (unpaired) electrons. The Morgan fingerprint density at radius 2 is 1.80 bits per heavy atom. The summed E-state index contributed by atoms with van der Waals surface area (Å²) in [6, 6.07) is 13.1. The van der Waals surface area contributed by atoms with E-state index in [1.54, 1.807) is 0 Å². The monoisotopic (exact) mass is 346 g/mol. The molecule has 2 N–H and O–H groups in total. The average Bonchev–Trinajstić information content (AvgIpc) is 3.20. The average molecular weight is 346 g/mol. The van der Waals surface area contributed by atoms with Gasteiger partial charge in [0.1, 0.15) is 0 Å². The Labute approximate surface area is 142 Å². The van der Waals surface area contributed by atoms with E-state index in [0.29, 0.717) is 18.9 Å². The SMILES string of the molecule is Nc1ccc2c(c1)cc(-c1ccc(C(F)(F)F)cc1)n2[C@@H]1CCOC1. The number of nitrogens with zero attached hydrogens (tertiary/aromatic N) is 1. The summed E-state index contributed by atoms with van der Waals surface area (Å²) in [4.78, 5) is 0. The second kappa shape index (κ2) is 5.81. The van der Waals surface area contributed by atoms with Gasteiger partial charge in [0.25, 0.3) is 0 Å². The molecule has 3 nitrogen and oxygen atoms in total. The Morgan fingerprint density at radius 3 is 2.44 bits per heavy atom. The van der Waals surface area contributed by atoms with Gasteiger partial charge in [0.15, 0.2) is 0 Å². The number of hydrogen-bond acceptors (Lipinski definition) is 2. The summed E-state index contributed by atoms with van der Waals surface area (Å²) in [5, 5.41) is 0.974. The Bertz CT molecular complexity index is 907. The first kappa shape index (κ1) is 16.0. The number of hydrogen-bond donors (Lipinski definition) is 1. The van der Waals surface area contributed by atoms with Crippen LogP contribution in [0, 0.1) is 0 Å². The number of anilines is 1. The molecular formula is C19H17F3N2O. The quantitative estimate of drug-likeness (QED) is 0.673. The maximum absolute atomic E-state index is 12.8. The molecule has 25 heavy (non-hydrogen) atoms. The molecule has 130 valence electrons. The van der Waals surface area contributed by atoms with Crippen molar-refractivity contribution in [2.24, 2.45) is 0 Å². The van der Waals surface area contributed by atoms with E-state index >= 15 is 0 Å². The van der Waals surface area contributed by atoms with Gasteiger partial charge >= 0.3 is 6.18 Å². The van der Waals surface area contributed by atoms with Crippen molar-refractivity contribution in [3.8, 4) is 11.3 Å². The maximum Gasteiger partial charge on any atom is 0.416 e. The van der Waals surface area contributed by atoms with E-state index in [9.17, 15) is 13.2 Å². The van der Waals surface area contributed by atoms with Gasteiger partial charge in [-0.15, -0.1) is 0 Å². The normalized spacial score (nSPS) is 18.1. The number of alkyl halides is 3. The molecule has 0 amide bonds. The lowest BCUT2D eigenvalue weighted by Gasteiger charge is -2.17. The summed E-state index contributed by atoms with van der Waals surface area (Å²) in [5.41, 5.74) is 8.53. The van der Waals surface area contributed by atoms with Crippen molar-refractivity contribution in [2.75, 3.05) is 18.9 Å². The molecule has 1 aliphatic rings. The third-order valence-corrected chi connectivity index (χ3v) is 4.64. The first-order valence-electron chi connectivity index (χ1n) is 8.09. The van der Waals surface area contributed by atoms with Crippen molar-refractivity contribution in [1.82, 2.24) is 4.57 Å². The molecule has 0 spiro atoms. The zero-order valence-electron chi connectivity index (χ0n) is 13.4. The molecule has 1 aliphatic heterocycles. The van der Waals surface area contributed by atoms with Gasteiger partial charge in [-0.05, 0) is 48.4 Å². The highest BCUT2D eigenvalue weighted by Crippen LogP contribution is 2.36. The van der Waals surface area contributed by atoms with Gasteiger partial charge in [-0.1, -0.05) is 12.1 Å². The maximum atomic E-state index is 12.8. The predicted octanol–water partition coefficient (Wildman–Crippen LogP) is 4.87. The van der Waals surface area contributed by atoms with Crippen molar-refractivity contribution < 1.29 is 17.9 Å². The molecule has 1 fully saturated rings. The van der Waals surface area contributed by atoms with Crippen molar-refractivity contribution in [3.05, 3.63) is 54.1 Å². The van der Waals surface area contributed by atoms with Crippen LogP contribution in [0.3, 0.4) is 0 Å². The van der Waals surface area contributed by atoms with Crippen LogP contribution in [0.15, 0.2) is 48.5 Å². The lowest BCUT2D eigenvalue weighted by atomic mass is 10.1. The molecule has 2 aromatic carbocycles. The molecule has 0 aliphatic carbocycles. The fourth-order valence-corrected chi connectivity index (χ4v) is 3.43. The third kappa shape index (κ3) is 2.87. The number of benzene rings is 2. The van der Waals surface area contributed by atoms with Crippen LogP contribution in [0.25, 0.3) is 22.2 Å². The number of nitrogens with two attached hydrogens (primary N) is 1. The highest BCUT2D eigenvalue weighted by Gasteiger charge is 2.30. The molecule has 0 saturated carbocycles. The minimum atomic E-state index is -4.33. The van der Waals surface area contributed by atoms with Gasteiger partial charge in [0.05, 0.1) is 18.2 Å². The molecule has 6 heteroatoms. The summed E-state index contributed by atoms with van der Waals surface area (Å²) < 4.78 is 46.1. The zero-order chi connectivity index (χ0) is 17.6. The zero-order valence-corrected chi connectivity index (χ0v) is 13.4. The molecule has 1 saturated heterocycles. The summed E-state index contributed by atoms with van der Waals surface area (Å²) in [6.45, 7) is 1.29. The summed E-state index contributed by atoms with van der Waals surface area (Å²) in [7, 11) is 0. The Hall–Kier alpha value is -2.47. The van der Waals surface area contributed by atoms with Crippen molar-refractivity contribution in [3.63, 3.8) is 0 Å². The Morgan fingerprint density at radius 1 is 1.04 bits per heavy atom. The topological polar surface area (TPSA) is 40.2 Å². The second-order valence-electron chi connectivity index (χ2n) is 6.31. The minimum absolute atomic E-state index is 0.165. The lowest BCUT2D eigenvalue weighted by Crippen LogP contribution is -2.10. The fraction of sp³-hybridized carbons (Fsp3) is 0.263. The fourth-order valence-electron chi connectivity index (χ4n) is 3.43. The van der Waals surface area contributed by atoms with Crippen LogP contribution in [0.5, 0.6) is 0 Å². The highest BCUT2D eigenvalue weighted by atomic mass is 19.4. The van der Waals surface area contributed by atoms with Gasteiger partial charge in [-0.25, -0.2) is 0 Å². The number of halogens is 3. The van der Waals surface area contributed by atoms with Crippen molar-refractivity contribution in [1.29, 1.82) is 0 Å². The number of fused-ring (bicyclic) bond motifs is 1. The van der Waals surface area contributed by atoms with E-state index in [1.165, 1.54) is 12.1 Å². The van der Waals surface area contributed by atoms with Crippen molar-refractivity contribution >= 4 is 16.6 Å². The molecule has 1 aromatic heterocycles. The van der Waals surface area contributed by atoms with E-state index in [0.717, 1.165) is 40.7 Å². The Balaban J connectivity index is 1.87. The summed E-state index contributed by atoms with van der Waals surface area (Å²) in [5.74, 6) is 0. The van der Waals surface area contributed by atoms with Gasteiger partial charge in [0, 0.05) is 28.9 Å². The van der Waals surface area contributed by atoms with Crippen LogP contribution in [0.2, 0.25) is 0 Å². The number of rotatable bonds is 2. The summed E-state index contributed by atoms with van der Waals surface area (Å²) in [6.07, 6.45) is -3.46. The molecule has 2 heterocycles. The molecule has 0 unspecified atom stereocenters. The van der Waals surface area contributed by atoms with E-state index in [2.05, 4.69) is 4.57 Å². The number of ether oxygens (including phenoxy) is 1. The van der Waals surface area contributed by atoms with Crippen LogP contribution >= 0.6 is 0 Å². The first-order chi connectivity index (χ1) is 11.9. The number of aromatic nitrogens is 1. The molecule has 3 aromatic rings. The van der Waals surface area contributed by atoms with Crippen LogP contribution in [0.1, 0.15) is 18.0 Å². The smallest absolute Gasteiger partial charge is 0.399 e. The van der Waals surface area contributed by atoms with Crippen LogP contribution < -0.4 is 5.73 Å². The highest BCUT2D eigenvalue weighted by molar-refractivity contribution is 5.89. The van der Waals surface area contributed by atoms with Crippen LogP contribution in [0.4, 0.5) is 18.9 Å². The van der Waals surface area contributed by atoms with Gasteiger partial charge in [0.2, 0.25) is 0 Å². The van der Waals surface area contributed by atoms with E-state index in [1.807, 2.05) is 24.3 Å². The van der Waals surface area contributed by atoms with E-state index < -0.39 is 11.7 Å². The predicted molar refractivity (Wildman–Crippen MR) is 91.3 cm³/mol. The minimum Gasteiger partial charge on any atom is -0.399 e.